The molecule has 1 fully saturated rings. The van der Waals surface area contributed by atoms with E-state index in [0.29, 0.717) is 18.4 Å². The van der Waals surface area contributed by atoms with Gasteiger partial charge in [-0.25, -0.2) is 0 Å². The van der Waals surface area contributed by atoms with Crippen LogP contribution in [0.25, 0.3) is 0 Å². The van der Waals surface area contributed by atoms with E-state index < -0.39 is 5.97 Å². The van der Waals surface area contributed by atoms with Gasteiger partial charge in [-0.15, -0.1) is 11.3 Å². The molecule has 1 aliphatic rings. The van der Waals surface area contributed by atoms with Crippen LogP contribution in [0.1, 0.15) is 42.0 Å². The molecule has 1 aromatic heterocycles. The Balaban J connectivity index is 1.87. The SMILES string of the molecule is Cc1ccc(C(C)N2CCC(CC(=O)O)CC2)s1. The molecule has 18 heavy (non-hydrogen) atoms. The van der Waals surface area contributed by atoms with Crippen LogP contribution in [0.4, 0.5) is 0 Å². The number of rotatable bonds is 4. The van der Waals surface area contributed by atoms with Crippen molar-refractivity contribution in [1.29, 1.82) is 0 Å². The van der Waals surface area contributed by atoms with E-state index >= 15 is 0 Å². The number of aryl methyl sites for hydroxylation is 1. The number of carboxylic acids is 1. The molecule has 1 unspecified atom stereocenters. The Morgan fingerprint density at radius 1 is 1.50 bits per heavy atom. The molecule has 1 atom stereocenters. The van der Waals surface area contributed by atoms with Gasteiger partial charge < -0.3 is 5.11 Å². The van der Waals surface area contributed by atoms with Crippen molar-refractivity contribution in [1.82, 2.24) is 4.90 Å². The second kappa shape index (κ2) is 5.85. The molecule has 2 heterocycles. The zero-order valence-corrected chi connectivity index (χ0v) is 11.9. The monoisotopic (exact) mass is 267 g/mol. The lowest BCUT2D eigenvalue weighted by molar-refractivity contribution is -0.138. The summed E-state index contributed by atoms with van der Waals surface area (Å²) >= 11 is 1.87. The van der Waals surface area contributed by atoms with E-state index in [2.05, 4.69) is 30.9 Å². The lowest BCUT2D eigenvalue weighted by atomic mass is 9.93. The minimum atomic E-state index is -0.657. The van der Waals surface area contributed by atoms with E-state index in [9.17, 15) is 4.79 Å². The van der Waals surface area contributed by atoms with Gasteiger partial charge >= 0.3 is 5.97 Å². The summed E-state index contributed by atoms with van der Waals surface area (Å²) in [4.78, 5) is 16.0. The van der Waals surface area contributed by atoms with Gasteiger partial charge in [0.2, 0.25) is 0 Å². The molecule has 0 radical (unpaired) electrons. The quantitative estimate of drug-likeness (QED) is 0.910. The minimum absolute atomic E-state index is 0.334. The molecular weight excluding hydrogens is 246 g/mol. The molecule has 0 saturated carbocycles. The smallest absolute Gasteiger partial charge is 0.303 e. The van der Waals surface area contributed by atoms with Crippen molar-refractivity contribution >= 4 is 17.3 Å². The van der Waals surface area contributed by atoms with E-state index in [1.165, 1.54) is 9.75 Å². The fourth-order valence-corrected chi connectivity index (χ4v) is 3.61. The maximum Gasteiger partial charge on any atom is 0.303 e. The summed E-state index contributed by atoms with van der Waals surface area (Å²) in [5.74, 6) is -0.286. The summed E-state index contributed by atoms with van der Waals surface area (Å²) in [6.07, 6.45) is 2.36. The first-order valence-electron chi connectivity index (χ1n) is 6.58. The van der Waals surface area contributed by atoms with Crippen LogP contribution in [-0.2, 0) is 4.79 Å². The molecule has 0 spiro atoms. The van der Waals surface area contributed by atoms with Crippen molar-refractivity contribution in [2.45, 2.75) is 39.2 Å². The third kappa shape index (κ3) is 3.33. The van der Waals surface area contributed by atoms with Crippen molar-refractivity contribution < 1.29 is 9.90 Å². The Hall–Kier alpha value is -0.870. The average Bonchev–Trinajstić information content (AvgIpc) is 2.75. The Kier molecular flexibility index (Phi) is 4.40. The first-order chi connectivity index (χ1) is 8.56. The van der Waals surface area contributed by atoms with Crippen molar-refractivity contribution in [2.24, 2.45) is 5.92 Å². The molecule has 1 saturated heterocycles. The molecule has 0 bridgehead atoms. The molecule has 0 aromatic carbocycles. The van der Waals surface area contributed by atoms with Crippen LogP contribution >= 0.6 is 11.3 Å². The second-order valence-corrected chi connectivity index (χ2v) is 6.52. The standard InChI is InChI=1S/C14H21NO2S/c1-10-3-4-13(18-10)11(2)15-7-5-12(6-8-15)9-14(16)17/h3-4,11-12H,5-9H2,1-2H3,(H,16,17). The van der Waals surface area contributed by atoms with Crippen LogP contribution in [0.15, 0.2) is 12.1 Å². The maximum absolute atomic E-state index is 10.7. The Bertz CT molecular complexity index is 408. The molecular formula is C14H21NO2S. The largest absolute Gasteiger partial charge is 0.481 e. The van der Waals surface area contributed by atoms with Crippen LogP contribution in [0.2, 0.25) is 0 Å². The van der Waals surface area contributed by atoms with Crippen molar-refractivity contribution in [2.75, 3.05) is 13.1 Å². The van der Waals surface area contributed by atoms with Crippen LogP contribution < -0.4 is 0 Å². The Morgan fingerprint density at radius 3 is 2.67 bits per heavy atom. The molecule has 0 amide bonds. The third-order valence-electron chi connectivity index (χ3n) is 3.83. The number of carbonyl (C=O) groups is 1. The normalized spacial score (nSPS) is 19.9. The number of likely N-dealkylation sites (tertiary alicyclic amines) is 1. The topological polar surface area (TPSA) is 40.5 Å². The van der Waals surface area contributed by atoms with Crippen LogP contribution in [-0.4, -0.2) is 29.1 Å². The van der Waals surface area contributed by atoms with E-state index in [4.69, 9.17) is 5.11 Å². The van der Waals surface area contributed by atoms with Crippen LogP contribution in [0, 0.1) is 12.8 Å². The molecule has 2 rings (SSSR count). The van der Waals surface area contributed by atoms with Gasteiger partial charge in [0.1, 0.15) is 0 Å². The van der Waals surface area contributed by atoms with Crippen LogP contribution in [0.3, 0.4) is 0 Å². The highest BCUT2D eigenvalue weighted by atomic mass is 32.1. The number of hydrogen-bond donors (Lipinski definition) is 1. The number of hydrogen-bond acceptors (Lipinski definition) is 3. The van der Waals surface area contributed by atoms with Gasteiger partial charge in [-0.2, -0.15) is 0 Å². The predicted molar refractivity (Wildman–Crippen MR) is 74.0 cm³/mol. The van der Waals surface area contributed by atoms with Gasteiger partial charge in [0, 0.05) is 22.2 Å². The van der Waals surface area contributed by atoms with Gasteiger partial charge in [0.25, 0.3) is 0 Å². The highest BCUT2D eigenvalue weighted by Crippen LogP contribution is 2.31. The first-order valence-corrected chi connectivity index (χ1v) is 7.40. The zero-order valence-electron chi connectivity index (χ0n) is 11.1. The fraction of sp³-hybridized carbons (Fsp3) is 0.643. The minimum Gasteiger partial charge on any atom is -0.481 e. The summed E-state index contributed by atoms with van der Waals surface area (Å²) in [6.45, 7) is 6.44. The summed E-state index contributed by atoms with van der Waals surface area (Å²) in [5.41, 5.74) is 0. The first kappa shape index (κ1) is 13.6. The summed E-state index contributed by atoms with van der Waals surface area (Å²) in [6, 6.07) is 4.86. The molecule has 1 aliphatic heterocycles. The van der Waals surface area contributed by atoms with Gasteiger partial charge in [0.15, 0.2) is 0 Å². The molecule has 100 valence electrons. The summed E-state index contributed by atoms with van der Waals surface area (Å²) in [7, 11) is 0. The maximum atomic E-state index is 10.7. The van der Waals surface area contributed by atoms with Gasteiger partial charge in [-0.1, -0.05) is 0 Å². The Morgan fingerprint density at radius 2 is 2.17 bits per heavy atom. The average molecular weight is 267 g/mol. The molecule has 4 heteroatoms. The van der Waals surface area contributed by atoms with Gasteiger partial charge in [-0.05, 0) is 57.8 Å². The van der Waals surface area contributed by atoms with Crippen molar-refractivity contribution in [3.8, 4) is 0 Å². The predicted octanol–water partition coefficient (Wildman–Crippen LogP) is 3.30. The fourth-order valence-electron chi connectivity index (χ4n) is 2.65. The second-order valence-electron chi connectivity index (χ2n) is 5.20. The molecule has 3 nitrogen and oxygen atoms in total. The molecule has 1 N–H and O–H groups in total. The van der Waals surface area contributed by atoms with Crippen LogP contribution in [0.5, 0.6) is 0 Å². The summed E-state index contributed by atoms with van der Waals surface area (Å²) < 4.78 is 0. The van der Waals surface area contributed by atoms with Crippen molar-refractivity contribution in [3.63, 3.8) is 0 Å². The van der Waals surface area contributed by atoms with E-state index in [-0.39, 0.29) is 0 Å². The highest BCUT2D eigenvalue weighted by molar-refractivity contribution is 7.12. The van der Waals surface area contributed by atoms with E-state index in [0.717, 1.165) is 25.9 Å². The van der Waals surface area contributed by atoms with Crippen molar-refractivity contribution in [3.05, 3.63) is 21.9 Å². The lowest BCUT2D eigenvalue weighted by Gasteiger charge is -2.35. The number of thiophene rings is 1. The third-order valence-corrected chi connectivity index (χ3v) is 5.00. The number of nitrogens with zero attached hydrogens (tertiary/aromatic N) is 1. The lowest BCUT2D eigenvalue weighted by Crippen LogP contribution is -2.35. The number of carboxylic acid groups (broad SMARTS) is 1. The Labute approximate surface area is 112 Å². The molecule has 1 aromatic rings. The van der Waals surface area contributed by atoms with Gasteiger partial charge in [-0.3, -0.25) is 9.69 Å². The van der Waals surface area contributed by atoms with Gasteiger partial charge in [0.05, 0.1) is 0 Å². The number of aliphatic carboxylic acids is 1. The highest BCUT2D eigenvalue weighted by Gasteiger charge is 2.25. The van der Waals surface area contributed by atoms with E-state index in [1.54, 1.807) is 0 Å². The van der Waals surface area contributed by atoms with E-state index in [1.807, 2.05) is 11.3 Å². The molecule has 0 aliphatic carbocycles. The summed E-state index contributed by atoms with van der Waals surface area (Å²) in [5, 5.41) is 8.81. The zero-order chi connectivity index (χ0) is 13.1. The number of piperidine rings is 1.